The van der Waals surface area contributed by atoms with Crippen molar-refractivity contribution in [3.63, 3.8) is 0 Å². The van der Waals surface area contributed by atoms with E-state index in [2.05, 4.69) is 57.2 Å². The summed E-state index contributed by atoms with van der Waals surface area (Å²) in [7, 11) is -0.301. The molecule has 1 aliphatic rings. The fourth-order valence-corrected chi connectivity index (χ4v) is 7.56. The van der Waals surface area contributed by atoms with Crippen LogP contribution in [0.1, 0.15) is 130 Å². The third-order valence-corrected chi connectivity index (χ3v) is 9.82. The molecule has 0 fully saturated rings. The van der Waals surface area contributed by atoms with Crippen LogP contribution < -0.4 is 5.19 Å². The summed E-state index contributed by atoms with van der Waals surface area (Å²) in [5, 5.41) is 3.41. The van der Waals surface area contributed by atoms with Gasteiger partial charge < -0.3 is 0 Å². The van der Waals surface area contributed by atoms with Crippen LogP contribution in [0.2, 0.25) is 0 Å². The SMILES string of the molecule is CCCCCCCCCCCCCCCCCCC1C(C)=CC(C)=C1[SiH2]c1ccccc1. The molecule has 1 unspecified atom stereocenters. The van der Waals surface area contributed by atoms with Gasteiger partial charge in [-0.25, -0.2) is 0 Å². The minimum absolute atomic E-state index is 0.301. The van der Waals surface area contributed by atoms with Crippen molar-refractivity contribution in [3.8, 4) is 0 Å². The zero-order valence-corrected chi connectivity index (χ0v) is 23.2. The highest BCUT2D eigenvalue weighted by molar-refractivity contribution is 6.61. The number of benzene rings is 1. The molecule has 0 amide bonds. The van der Waals surface area contributed by atoms with Crippen molar-refractivity contribution in [2.45, 2.75) is 130 Å². The predicted molar refractivity (Wildman–Crippen MR) is 149 cm³/mol. The van der Waals surface area contributed by atoms with Crippen molar-refractivity contribution in [1.82, 2.24) is 0 Å². The van der Waals surface area contributed by atoms with Crippen LogP contribution in [0.3, 0.4) is 0 Å². The predicted octanol–water partition coefficient (Wildman–Crippen LogP) is 8.98. The van der Waals surface area contributed by atoms with Gasteiger partial charge in [-0.2, -0.15) is 0 Å². The average Bonchev–Trinajstić information content (AvgIpc) is 3.06. The molecule has 0 bridgehead atoms. The van der Waals surface area contributed by atoms with E-state index >= 15 is 0 Å². The van der Waals surface area contributed by atoms with Crippen molar-refractivity contribution in [1.29, 1.82) is 0 Å². The van der Waals surface area contributed by atoms with Crippen LogP contribution in [0.4, 0.5) is 0 Å². The second kappa shape index (κ2) is 17.4. The summed E-state index contributed by atoms with van der Waals surface area (Å²) in [5.41, 5.74) is 3.21. The Morgan fingerprint density at radius 1 is 0.625 bits per heavy atom. The first-order chi connectivity index (χ1) is 15.7. The zero-order valence-electron chi connectivity index (χ0n) is 21.8. The molecule has 1 aliphatic carbocycles. The lowest BCUT2D eigenvalue weighted by Crippen LogP contribution is -2.21. The van der Waals surface area contributed by atoms with E-state index in [1.165, 1.54) is 109 Å². The molecule has 2 rings (SSSR count). The molecule has 0 radical (unpaired) electrons. The fraction of sp³-hybridized carbons (Fsp3) is 0.677. The molecule has 0 saturated carbocycles. The fourth-order valence-electron chi connectivity index (χ4n) is 5.46. The number of rotatable bonds is 19. The highest BCUT2D eigenvalue weighted by Gasteiger charge is 2.23. The van der Waals surface area contributed by atoms with Gasteiger partial charge in [-0.1, -0.05) is 168 Å². The molecule has 0 heterocycles. The Morgan fingerprint density at radius 2 is 1.09 bits per heavy atom. The quantitative estimate of drug-likeness (QED) is 0.145. The summed E-state index contributed by atoms with van der Waals surface area (Å²) < 4.78 is 0. The van der Waals surface area contributed by atoms with Crippen molar-refractivity contribution >= 4 is 14.7 Å². The monoisotopic (exact) mass is 452 g/mol. The number of hydrogen-bond donors (Lipinski definition) is 0. The van der Waals surface area contributed by atoms with E-state index in [0.717, 1.165) is 5.92 Å². The van der Waals surface area contributed by atoms with Gasteiger partial charge in [0.15, 0.2) is 0 Å². The van der Waals surface area contributed by atoms with Crippen molar-refractivity contribution in [2.24, 2.45) is 5.92 Å². The highest BCUT2D eigenvalue weighted by Crippen LogP contribution is 2.34. The molecule has 0 N–H and O–H groups in total. The second-order valence-corrected chi connectivity index (χ2v) is 12.3. The summed E-state index contributed by atoms with van der Waals surface area (Å²) in [6.07, 6.45) is 27.1. The Morgan fingerprint density at radius 3 is 1.59 bits per heavy atom. The lowest BCUT2D eigenvalue weighted by atomic mass is 9.96. The van der Waals surface area contributed by atoms with E-state index in [4.69, 9.17) is 0 Å². The average molecular weight is 453 g/mol. The maximum absolute atomic E-state index is 2.47. The van der Waals surface area contributed by atoms with Gasteiger partial charge in [0.2, 0.25) is 0 Å². The molecule has 1 aromatic carbocycles. The van der Waals surface area contributed by atoms with Crippen LogP contribution in [0.25, 0.3) is 0 Å². The first kappa shape index (κ1) is 27.2. The first-order valence-electron chi connectivity index (χ1n) is 14.1. The van der Waals surface area contributed by atoms with E-state index in [-0.39, 0.29) is 9.52 Å². The molecule has 0 aliphatic heterocycles. The van der Waals surface area contributed by atoms with Gasteiger partial charge in [0.25, 0.3) is 0 Å². The van der Waals surface area contributed by atoms with Gasteiger partial charge in [0.1, 0.15) is 0 Å². The summed E-state index contributed by atoms with van der Waals surface area (Å²) in [4.78, 5) is 0. The van der Waals surface area contributed by atoms with Gasteiger partial charge in [0.05, 0.1) is 9.52 Å². The van der Waals surface area contributed by atoms with Crippen LogP contribution in [0.15, 0.2) is 52.8 Å². The van der Waals surface area contributed by atoms with Gasteiger partial charge in [-0.3, -0.25) is 0 Å². The maximum Gasteiger partial charge on any atom is 0.0835 e. The Hall–Kier alpha value is -1.08. The molecule has 1 atom stereocenters. The molecule has 1 heteroatoms. The number of allylic oxidation sites excluding steroid dienone is 4. The normalized spacial score (nSPS) is 16.5. The third-order valence-electron chi connectivity index (χ3n) is 7.50. The van der Waals surface area contributed by atoms with Crippen molar-refractivity contribution in [3.05, 3.63) is 52.8 Å². The molecule has 0 nitrogen and oxygen atoms in total. The van der Waals surface area contributed by atoms with E-state index in [1.54, 1.807) is 16.3 Å². The van der Waals surface area contributed by atoms with Crippen LogP contribution in [-0.4, -0.2) is 9.52 Å². The van der Waals surface area contributed by atoms with Gasteiger partial charge in [-0.05, 0) is 26.2 Å². The number of hydrogen-bond acceptors (Lipinski definition) is 0. The van der Waals surface area contributed by atoms with E-state index in [9.17, 15) is 0 Å². The minimum atomic E-state index is -0.301. The van der Waals surface area contributed by atoms with Crippen molar-refractivity contribution in [2.75, 3.05) is 0 Å². The summed E-state index contributed by atoms with van der Waals surface area (Å²) in [6.45, 7) is 7.02. The molecule has 0 spiro atoms. The van der Waals surface area contributed by atoms with Crippen LogP contribution >= 0.6 is 0 Å². The molecule has 180 valence electrons. The Labute approximate surface area is 203 Å². The zero-order chi connectivity index (χ0) is 22.9. The third kappa shape index (κ3) is 11.2. The first-order valence-corrected chi connectivity index (χ1v) is 15.6. The van der Waals surface area contributed by atoms with E-state index < -0.39 is 0 Å². The summed E-state index contributed by atoms with van der Waals surface area (Å²) >= 11 is 0. The smallest absolute Gasteiger partial charge is 0.0728 e. The van der Waals surface area contributed by atoms with Crippen LogP contribution in [-0.2, 0) is 0 Å². The molecule has 0 aromatic heterocycles. The Balaban J connectivity index is 1.45. The van der Waals surface area contributed by atoms with Crippen LogP contribution in [0, 0.1) is 5.92 Å². The highest BCUT2D eigenvalue weighted by atomic mass is 28.2. The number of unbranched alkanes of at least 4 members (excludes halogenated alkanes) is 15. The molecule has 1 aromatic rings. The molecule has 0 saturated heterocycles. The maximum atomic E-state index is 2.47. The van der Waals surface area contributed by atoms with Gasteiger partial charge >= 0.3 is 0 Å². The van der Waals surface area contributed by atoms with E-state index in [0.29, 0.717) is 0 Å². The summed E-state index contributed by atoms with van der Waals surface area (Å²) in [5.74, 6) is 0.758. The van der Waals surface area contributed by atoms with Gasteiger partial charge in [-0.15, -0.1) is 0 Å². The van der Waals surface area contributed by atoms with Crippen molar-refractivity contribution < 1.29 is 0 Å². The Bertz CT molecular complexity index is 654. The second-order valence-electron chi connectivity index (χ2n) is 10.4. The largest absolute Gasteiger partial charge is 0.0835 e. The van der Waals surface area contributed by atoms with Gasteiger partial charge in [0, 0.05) is 0 Å². The summed E-state index contributed by atoms with van der Waals surface area (Å²) in [6, 6.07) is 11.2. The van der Waals surface area contributed by atoms with Crippen LogP contribution in [0.5, 0.6) is 0 Å². The molecular formula is C31H52Si. The lowest BCUT2D eigenvalue weighted by Gasteiger charge is -2.18. The molecular weight excluding hydrogens is 400 g/mol. The lowest BCUT2D eigenvalue weighted by molar-refractivity contribution is 0.519. The van der Waals surface area contributed by atoms with E-state index in [1.807, 2.05) is 5.20 Å². The molecule has 32 heavy (non-hydrogen) atoms. The minimum Gasteiger partial charge on any atom is -0.0728 e. The Kier molecular flexibility index (Phi) is 14.8. The topological polar surface area (TPSA) is 0 Å². The standard InChI is InChI=1S/C31H52Si/c1-4-5-6-7-8-9-10-11-12-13-14-15-16-17-18-22-25-30-27(2)26-28(3)31(30)32-29-23-20-19-21-24-29/h19-21,23-24,26,30H,4-18,22,25,32H2,1-3H3.